The Kier molecular flexibility index (Phi) is 5.50. The first-order valence-corrected chi connectivity index (χ1v) is 9.82. The summed E-state index contributed by atoms with van der Waals surface area (Å²) in [6, 6.07) is 22.4. The van der Waals surface area contributed by atoms with E-state index in [0.29, 0.717) is 6.04 Å². The van der Waals surface area contributed by atoms with Gasteiger partial charge >= 0.3 is 0 Å². The number of anilines is 1. The minimum Gasteiger partial charge on any atom is -0.370 e. The maximum absolute atomic E-state index is 4.11. The quantitative estimate of drug-likeness (QED) is 0.710. The minimum absolute atomic E-state index is 0.532. The molecule has 0 bridgehead atoms. The number of rotatable bonds is 5. The standard InChI is InChI=1S/C24H27N3/c1-19-7-9-24(10-8-19)27-15-3-6-23(18-27)26-17-20-4-2-5-22(16-20)21-11-13-25-14-12-21/h2,4-5,7-14,16,23,26H,3,6,15,17-18H2,1H3. The Morgan fingerprint density at radius 1 is 1.00 bits per heavy atom. The maximum atomic E-state index is 4.11. The summed E-state index contributed by atoms with van der Waals surface area (Å²) in [5, 5.41) is 3.77. The molecule has 1 atom stereocenters. The highest BCUT2D eigenvalue weighted by Gasteiger charge is 2.19. The third kappa shape index (κ3) is 4.55. The van der Waals surface area contributed by atoms with E-state index in [1.807, 2.05) is 12.4 Å². The molecular weight excluding hydrogens is 330 g/mol. The summed E-state index contributed by atoms with van der Waals surface area (Å²) in [6.07, 6.45) is 6.18. The lowest BCUT2D eigenvalue weighted by atomic mass is 10.0. The van der Waals surface area contributed by atoms with Crippen LogP contribution in [0, 0.1) is 6.92 Å². The van der Waals surface area contributed by atoms with Gasteiger partial charge in [-0.3, -0.25) is 4.98 Å². The summed E-state index contributed by atoms with van der Waals surface area (Å²) < 4.78 is 0. The van der Waals surface area contributed by atoms with Crippen molar-refractivity contribution in [2.45, 2.75) is 32.4 Å². The van der Waals surface area contributed by atoms with Crippen LogP contribution in [0.2, 0.25) is 0 Å². The van der Waals surface area contributed by atoms with Gasteiger partial charge in [-0.25, -0.2) is 0 Å². The number of nitrogens with one attached hydrogen (secondary N) is 1. The number of aromatic nitrogens is 1. The second-order valence-corrected chi connectivity index (χ2v) is 7.44. The molecule has 1 aliphatic rings. The van der Waals surface area contributed by atoms with Gasteiger partial charge in [-0.05, 0) is 66.8 Å². The highest BCUT2D eigenvalue weighted by molar-refractivity contribution is 5.63. The molecule has 27 heavy (non-hydrogen) atoms. The average Bonchev–Trinajstić information content (AvgIpc) is 2.74. The lowest BCUT2D eigenvalue weighted by Crippen LogP contribution is -2.45. The molecule has 1 unspecified atom stereocenters. The van der Waals surface area contributed by atoms with Crippen molar-refractivity contribution in [3.05, 3.63) is 84.2 Å². The van der Waals surface area contributed by atoms with Crippen LogP contribution in [-0.2, 0) is 6.54 Å². The third-order valence-electron chi connectivity index (χ3n) is 5.36. The first-order chi connectivity index (χ1) is 13.3. The van der Waals surface area contributed by atoms with Gasteiger partial charge in [-0.2, -0.15) is 0 Å². The topological polar surface area (TPSA) is 28.2 Å². The summed E-state index contributed by atoms with van der Waals surface area (Å²) in [5.41, 5.74) is 6.46. The highest BCUT2D eigenvalue weighted by atomic mass is 15.2. The van der Waals surface area contributed by atoms with Gasteiger partial charge in [0.1, 0.15) is 0 Å². The van der Waals surface area contributed by atoms with Crippen molar-refractivity contribution < 1.29 is 0 Å². The number of piperidine rings is 1. The molecule has 1 aliphatic heterocycles. The van der Waals surface area contributed by atoms with Crippen LogP contribution in [0.1, 0.15) is 24.0 Å². The molecule has 138 valence electrons. The second-order valence-electron chi connectivity index (χ2n) is 7.44. The molecule has 1 aromatic heterocycles. The van der Waals surface area contributed by atoms with E-state index in [-0.39, 0.29) is 0 Å². The maximum Gasteiger partial charge on any atom is 0.0366 e. The van der Waals surface area contributed by atoms with E-state index in [0.717, 1.165) is 19.6 Å². The molecule has 0 saturated carbocycles. The van der Waals surface area contributed by atoms with E-state index in [9.17, 15) is 0 Å². The zero-order valence-electron chi connectivity index (χ0n) is 15.9. The van der Waals surface area contributed by atoms with E-state index in [2.05, 4.69) is 82.8 Å². The molecule has 3 heteroatoms. The van der Waals surface area contributed by atoms with Crippen molar-refractivity contribution in [2.75, 3.05) is 18.0 Å². The van der Waals surface area contributed by atoms with Gasteiger partial charge in [-0.15, -0.1) is 0 Å². The van der Waals surface area contributed by atoms with Gasteiger partial charge in [0.25, 0.3) is 0 Å². The first kappa shape index (κ1) is 17.7. The largest absolute Gasteiger partial charge is 0.370 e. The predicted octanol–water partition coefficient (Wildman–Crippen LogP) is 4.82. The molecule has 3 nitrogen and oxygen atoms in total. The van der Waals surface area contributed by atoms with Crippen molar-refractivity contribution in [1.82, 2.24) is 10.3 Å². The lowest BCUT2D eigenvalue weighted by Gasteiger charge is -2.35. The summed E-state index contributed by atoms with van der Waals surface area (Å²) >= 11 is 0. The van der Waals surface area contributed by atoms with E-state index in [4.69, 9.17) is 0 Å². The van der Waals surface area contributed by atoms with E-state index < -0.39 is 0 Å². The number of aryl methyl sites for hydroxylation is 1. The summed E-state index contributed by atoms with van der Waals surface area (Å²) in [6.45, 7) is 5.28. The van der Waals surface area contributed by atoms with Crippen molar-refractivity contribution in [2.24, 2.45) is 0 Å². The van der Waals surface area contributed by atoms with E-state index in [1.54, 1.807) is 0 Å². The number of benzene rings is 2. The van der Waals surface area contributed by atoms with Gasteiger partial charge in [0.15, 0.2) is 0 Å². The van der Waals surface area contributed by atoms with E-state index >= 15 is 0 Å². The molecule has 2 aromatic carbocycles. The number of nitrogens with zero attached hydrogens (tertiary/aromatic N) is 2. The molecule has 0 amide bonds. The van der Waals surface area contributed by atoms with Gasteiger partial charge in [0, 0.05) is 43.8 Å². The second kappa shape index (κ2) is 8.36. The average molecular weight is 358 g/mol. The molecule has 0 aliphatic carbocycles. The van der Waals surface area contributed by atoms with Crippen molar-refractivity contribution >= 4 is 5.69 Å². The van der Waals surface area contributed by atoms with Gasteiger partial charge in [0.05, 0.1) is 0 Å². The van der Waals surface area contributed by atoms with Gasteiger partial charge in [0.2, 0.25) is 0 Å². The molecule has 1 N–H and O–H groups in total. The fourth-order valence-electron chi connectivity index (χ4n) is 3.80. The normalized spacial score (nSPS) is 17.1. The van der Waals surface area contributed by atoms with Crippen LogP contribution in [-0.4, -0.2) is 24.1 Å². The van der Waals surface area contributed by atoms with Crippen LogP contribution in [0.25, 0.3) is 11.1 Å². The Morgan fingerprint density at radius 3 is 2.63 bits per heavy atom. The molecule has 0 radical (unpaired) electrons. The van der Waals surface area contributed by atoms with Crippen molar-refractivity contribution in [3.8, 4) is 11.1 Å². The summed E-state index contributed by atoms with van der Waals surface area (Å²) in [7, 11) is 0. The Balaban J connectivity index is 1.38. The van der Waals surface area contributed by atoms with Gasteiger partial charge in [-0.1, -0.05) is 35.9 Å². The fourth-order valence-corrected chi connectivity index (χ4v) is 3.80. The SMILES string of the molecule is Cc1ccc(N2CCCC(NCc3cccc(-c4ccncc4)c3)C2)cc1. The molecule has 4 rings (SSSR count). The van der Waals surface area contributed by atoms with Crippen LogP contribution in [0.4, 0.5) is 5.69 Å². The highest BCUT2D eigenvalue weighted by Crippen LogP contribution is 2.22. The monoisotopic (exact) mass is 357 g/mol. The van der Waals surface area contributed by atoms with Crippen molar-refractivity contribution in [1.29, 1.82) is 0 Å². The van der Waals surface area contributed by atoms with E-state index in [1.165, 1.54) is 40.8 Å². The van der Waals surface area contributed by atoms with Gasteiger partial charge < -0.3 is 10.2 Å². The van der Waals surface area contributed by atoms with Crippen LogP contribution < -0.4 is 10.2 Å². The Labute approximate surface area is 162 Å². The molecule has 0 spiro atoms. The number of pyridine rings is 1. The Morgan fingerprint density at radius 2 is 1.81 bits per heavy atom. The lowest BCUT2D eigenvalue weighted by molar-refractivity contribution is 0.421. The van der Waals surface area contributed by atoms with Crippen molar-refractivity contribution in [3.63, 3.8) is 0 Å². The smallest absolute Gasteiger partial charge is 0.0366 e. The fraction of sp³-hybridized carbons (Fsp3) is 0.292. The molecular formula is C24H27N3. The third-order valence-corrected chi connectivity index (χ3v) is 5.36. The zero-order valence-corrected chi connectivity index (χ0v) is 15.9. The number of hydrogen-bond acceptors (Lipinski definition) is 3. The van der Waals surface area contributed by atoms with Crippen LogP contribution >= 0.6 is 0 Å². The van der Waals surface area contributed by atoms with Crippen LogP contribution in [0.15, 0.2) is 73.1 Å². The molecule has 3 aromatic rings. The Bertz CT molecular complexity index is 858. The molecule has 1 fully saturated rings. The van der Waals surface area contributed by atoms with Crippen LogP contribution in [0.5, 0.6) is 0 Å². The van der Waals surface area contributed by atoms with Crippen LogP contribution in [0.3, 0.4) is 0 Å². The predicted molar refractivity (Wildman–Crippen MR) is 113 cm³/mol. The number of hydrogen-bond donors (Lipinski definition) is 1. The first-order valence-electron chi connectivity index (χ1n) is 9.82. The minimum atomic E-state index is 0.532. The zero-order chi connectivity index (χ0) is 18.5. The summed E-state index contributed by atoms with van der Waals surface area (Å²) in [5.74, 6) is 0. The molecule has 2 heterocycles. The Hall–Kier alpha value is -2.65. The molecule has 1 saturated heterocycles. The summed E-state index contributed by atoms with van der Waals surface area (Å²) in [4.78, 5) is 6.62.